The average molecular weight is 270 g/mol. The number of rotatable bonds is 3. The van der Waals surface area contributed by atoms with Crippen molar-refractivity contribution in [2.24, 2.45) is 5.73 Å². The zero-order valence-corrected chi connectivity index (χ0v) is 11.4. The van der Waals surface area contributed by atoms with Gasteiger partial charge >= 0.3 is 0 Å². The molecule has 0 aliphatic heterocycles. The topological polar surface area (TPSA) is 64.7 Å². The molecule has 3 rings (SSSR count). The van der Waals surface area contributed by atoms with E-state index >= 15 is 0 Å². The molecule has 0 spiro atoms. The minimum Gasteiger partial charge on any atom is -0.322 e. The molecule has 19 heavy (non-hydrogen) atoms. The van der Waals surface area contributed by atoms with Crippen LogP contribution in [0.3, 0.4) is 0 Å². The van der Waals surface area contributed by atoms with Gasteiger partial charge in [0.05, 0.1) is 6.04 Å². The molecule has 0 saturated heterocycles. The van der Waals surface area contributed by atoms with Gasteiger partial charge in [-0.05, 0) is 17.9 Å². The summed E-state index contributed by atoms with van der Waals surface area (Å²) in [5.41, 5.74) is 6.87. The molecule has 0 amide bonds. The fraction of sp³-hybridized carbons (Fsp3) is 0.214. The molecule has 1 unspecified atom stereocenters. The second-order valence-electron chi connectivity index (χ2n) is 4.34. The standard InChI is InChI=1S/C14H14N4S/c1-2-11(15)13-17-18-14(19-13)12-10-6-4-3-5-9(10)7-8-16-12/h3-8,11H,2,15H2,1H3. The first kappa shape index (κ1) is 12.2. The Hall–Kier alpha value is -1.85. The van der Waals surface area contributed by atoms with Gasteiger partial charge in [-0.3, -0.25) is 4.98 Å². The summed E-state index contributed by atoms with van der Waals surface area (Å²) in [7, 11) is 0. The van der Waals surface area contributed by atoms with Gasteiger partial charge in [-0.25, -0.2) is 0 Å². The zero-order valence-electron chi connectivity index (χ0n) is 10.6. The van der Waals surface area contributed by atoms with Gasteiger partial charge in [-0.1, -0.05) is 42.5 Å². The van der Waals surface area contributed by atoms with Gasteiger partial charge in [-0.2, -0.15) is 0 Å². The van der Waals surface area contributed by atoms with Crippen LogP contribution in [0.5, 0.6) is 0 Å². The van der Waals surface area contributed by atoms with Crippen molar-refractivity contribution in [2.75, 3.05) is 0 Å². The lowest BCUT2D eigenvalue weighted by Crippen LogP contribution is -2.07. The van der Waals surface area contributed by atoms with Gasteiger partial charge < -0.3 is 5.73 Å². The molecule has 4 nitrogen and oxygen atoms in total. The van der Waals surface area contributed by atoms with Crippen molar-refractivity contribution in [1.29, 1.82) is 0 Å². The number of benzene rings is 1. The number of nitrogens with zero attached hydrogens (tertiary/aromatic N) is 3. The Morgan fingerprint density at radius 2 is 2.05 bits per heavy atom. The molecule has 3 aromatic rings. The molecule has 1 aromatic carbocycles. The van der Waals surface area contributed by atoms with Crippen molar-refractivity contribution in [3.63, 3.8) is 0 Å². The smallest absolute Gasteiger partial charge is 0.166 e. The van der Waals surface area contributed by atoms with E-state index in [1.807, 2.05) is 25.1 Å². The van der Waals surface area contributed by atoms with E-state index in [9.17, 15) is 0 Å². The molecular formula is C14H14N4S. The Morgan fingerprint density at radius 3 is 2.89 bits per heavy atom. The van der Waals surface area contributed by atoms with E-state index in [-0.39, 0.29) is 6.04 Å². The monoisotopic (exact) mass is 270 g/mol. The van der Waals surface area contributed by atoms with E-state index in [1.54, 1.807) is 6.20 Å². The van der Waals surface area contributed by atoms with Crippen LogP contribution in [0.4, 0.5) is 0 Å². The number of hydrogen-bond donors (Lipinski definition) is 1. The van der Waals surface area contributed by atoms with Crippen LogP contribution in [0.25, 0.3) is 21.5 Å². The van der Waals surface area contributed by atoms with Crippen LogP contribution in [-0.4, -0.2) is 15.2 Å². The number of pyridine rings is 1. The SMILES string of the molecule is CCC(N)c1nnc(-c2nccc3ccccc23)s1. The fourth-order valence-electron chi connectivity index (χ4n) is 1.94. The summed E-state index contributed by atoms with van der Waals surface area (Å²) in [6, 6.07) is 10.1. The van der Waals surface area contributed by atoms with Crippen LogP contribution in [-0.2, 0) is 0 Å². The first-order valence-corrected chi connectivity index (χ1v) is 7.04. The van der Waals surface area contributed by atoms with Gasteiger partial charge in [0.15, 0.2) is 5.01 Å². The number of nitrogens with two attached hydrogens (primary N) is 1. The first-order valence-electron chi connectivity index (χ1n) is 6.22. The summed E-state index contributed by atoms with van der Waals surface area (Å²) in [5, 5.41) is 12.4. The maximum Gasteiger partial charge on any atom is 0.166 e. The van der Waals surface area contributed by atoms with Gasteiger partial charge in [-0.15, -0.1) is 10.2 Å². The molecule has 0 saturated carbocycles. The van der Waals surface area contributed by atoms with Crippen LogP contribution < -0.4 is 5.73 Å². The normalized spacial score (nSPS) is 12.7. The third-order valence-corrected chi connectivity index (χ3v) is 4.14. The Bertz CT molecular complexity index is 702. The lowest BCUT2D eigenvalue weighted by Gasteiger charge is -2.02. The lowest BCUT2D eigenvalue weighted by atomic mass is 10.1. The van der Waals surface area contributed by atoms with Crippen LogP contribution in [0.2, 0.25) is 0 Å². The number of fused-ring (bicyclic) bond motifs is 1. The molecule has 1 atom stereocenters. The molecule has 2 heterocycles. The Balaban J connectivity index is 2.12. The molecule has 5 heteroatoms. The highest BCUT2D eigenvalue weighted by Crippen LogP contribution is 2.30. The van der Waals surface area contributed by atoms with Crippen molar-refractivity contribution in [3.8, 4) is 10.7 Å². The summed E-state index contributed by atoms with van der Waals surface area (Å²) in [5.74, 6) is 0. The third kappa shape index (κ3) is 2.22. The van der Waals surface area contributed by atoms with Crippen molar-refractivity contribution < 1.29 is 0 Å². The molecule has 96 valence electrons. The molecular weight excluding hydrogens is 256 g/mol. The molecule has 0 aliphatic carbocycles. The van der Waals surface area contributed by atoms with Crippen LogP contribution in [0.1, 0.15) is 24.4 Å². The van der Waals surface area contributed by atoms with Crippen molar-refractivity contribution in [2.45, 2.75) is 19.4 Å². The maximum absolute atomic E-state index is 5.99. The van der Waals surface area contributed by atoms with Crippen LogP contribution >= 0.6 is 11.3 Å². The first-order chi connectivity index (χ1) is 9.29. The molecule has 0 radical (unpaired) electrons. The van der Waals surface area contributed by atoms with E-state index in [4.69, 9.17) is 5.73 Å². The predicted molar refractivity (Wildman–Crippen MR) is 77.9 cm³/mol. The molecule has 0 bridgehead atoms. The summed E-state index contributed by atoms with van der Waals surface area (Å²) in [6.45, 7) is 2.04. The summed E-state index contributed by atoms with van der Waals surface area (Å²) in [6.07, 6.45) is 2.66. The van der Waals surface area contributed by atoms with E-state index in [2.05, 4.69) is 27.3 Å². The largest absolute Gasteiger partial charge is 0.322 e. The van der Waals surface area contributed by atoms with Gasteiger partial charge in [0.2, 0.25) is 0 Å². The highest BCUT2D eigenvalue weighted by molar-refractivity contribution is 7.14. The second kappa shape index (κ2) is 5.03. The van der Waals surface area contributed by atoms with Gasteiger partial charge in [0, 0.05) is 11.6 Å². The Kier molecular flexibility index (Phi) is 3.23. The van der Waals surface area contributed by atoms with Gasteiger partial charge in [0.1, 0.15) is 10.7 Å². The van der Waals surface area contributed by atoms with E-state index in [0.717, 1.165) is 32.9 Å². The highest BCUT2D eigenvalue weighted by Gasteiger charge is 2.14. The Labute approximate surface area is 115 Å². The van der Waals surface area contributed by atoms with Crippen LogP contribution in [0.15, 0.2) is 36.5 Å². The molecule has 0 fully saturated rings. The molecule has 2 N–H and O–H groups in total. The quantitative estimate of drug-likeness (QED) is 0.794. The fourth-order valence-corrected chi connectivity index (χ4v) is 2.88. The van der Waals surface area contributed by atoms with Crippen LogP contribution in [0, 0.1) is 0 Å². The van der Waals surface area contributed by atoms with E-state index < -0.39 is 0 Å². The van der Waals surface area contributed by atoms with E-state index in [0.29, 0.717) is 0 Å². The zero-order chi connectivity index (χ0) is 13.2. The Morgan fingerprint density at radius 1 is 1.21 bits per heavy atom. The minimum absolute atomic E-state index is 0.0405. The highest BCUT2D eigenvalue weighted by atomic mass is 32.1. The summed E-state index contributed by atoms with van der Waals surface area (Å²) < 4.78 is 0. The second-order valence-corrected chi connectivity index (χ2v) is 5.35. The summed E-state index contributed by atoms with van der Waals surface area (Å²) >= 11 is 1.52. The number of hydrogen-bond acceptors (Lipinski definition) is 5. The average Bonchev–Trinajstić information content (AvgIpc) is 2.95. The van der Waals surface area contributed by atoms with E-state index in [1.165, 1.54) is 11.3 Å². The number of aromatic nitrogens is 3. The molecule has 2 aromatic heterocycles. The lowest BCUT2D eigenvalue weighted by molar-refractivity contribution is 0.683. The maximum atomic E-state index is 5.99. The van der Waals surface area contributed by atoms with Crippen molar-refractivity contribution in [1.82, 2.24) is 15.2 Å². The van der Waals surface area contributed by atoms with Crippen molar-refractivity contribution >= 4 is 22.1 Å². The van der Waals surface area contributed by atoms with Gasteiger partial charge in [0.25, 0.3) is 0 Å². The third-order valence-electron chi connectivity index (χ3n) is 3.07. The molecule has 0 aliphatic rings. The summed E-state index contributed by atoms with van der Waals surface area (Å²) in [4.78, 5) is 4.44. The van der Waals surface area contributed by atoms with Crippen molar-refractivity contribution in [3.05, 3.63) is 41.5 Å². The predicted octanol–water partition coefficient (Wildman–Crippen LogP) is 3.16. The minimum atomic E-state index is -0.0405.